The normalized spacial score (nSPS) is 13.0. The number of anilines is 2. The zero-order valence-corrected chi connectivity index (χ0v) is 15.2. The summed E-state index contributed by atoms with van der Waals surface area (Å²) in [4.78, 5) is 23.5. The molecule has 2 aromatic rings. The minimum atomic E-state index is -0.487. The van der Waals surface area contributed by atoms with Crippen LogP contribution < -0.4 is 20.1 Å². The Bertz CT molecular complexity index is 864. The number of hydrogen-bond acceptors (Lipinski definition) is 6. The van der Waals surface area contributed by atoms with Gasteiger partial charge in [-0.2, -0.15) is 0 Å². The van der Waals surface area contributed by atoms with Gasteiger partial charge >= 0.3 is 0 Å². The van der Waals surface area contributed by atoms with E-state index in [1.807, 2.05) is 6.92 Å². The highest BCUT2D eigenvalue weighted by Gasteiger charge is 2.25. The molecular weight excluding hydrogens is 350 g/mol. The monoisotopic (exact) mass is 371 g/mol. The summed E-state index contributed by atoms with van der Waals surface area (Å²) in [5.41, 5.74) is 0.929. The van der Waals surface area contributed by atoms with E-state index >= 15 is 0 Å². The van der Waals surface area contributed by atoms with Crippen LogP contribution in [0.25, 0.3) is 0 Å². The Morgan fingerprint density at radius 2 is 2.00 bits per heavy atom. The fourth-order valence-electron chi connectivity index (χ4n) is 2.60. The molecule has 1 amide bonds. The molecule has 0 atom stereocenters. The van der Waals surface area contributed by atoms with Crippen LogP contribution in [0.3, 0.4) is 0 Å². The Hall–Kier alpha value is -3.29. The summed E-state index contributed by atoms with van der Waals surface area (Å²) in [6.07, 6.45) is 1.99. The van der Waals surface area contributed by atoms with Crippen molar-refractivity contribution < 1.29 is 19.2 Å². The fraction of sp³-hybridized carbons (Fsp3) is 0.316. The van der Waals surface area contributed by atoms with E-state index in [9.17, 15) is 14.9 Å². The zero-order valence-electron chi connectivity index (χ0n) is 15.2. The van der Waals surface area contributed by atoms with Crippen molar-refractivity contribution in [2.75, 3.05) is 24.4 Å². The maximum absolute atomic E-state index is 12.6. The van der Waals surface area contributed by atoms with E-state index in [0.717, 1.165) is 12.8 Å². The number of nitrogens with one attached hydrogen (secondary N) is 2. The molecule has 142 valence electrons. The Morgan fingerprint density at radius 1 is 1.22 bits per heavy atom. The van der Waals surface area contributed by atoms with Gasteiger partial charge in [0, 0.05) is 23.7 Å². The SMILES string of the molecule is CCOc1ccc(OC)cc1NC(=O)c1ccc(NC2CC2)c([N+](=O)[O-])c1. The first-order valence-electron chi connectivity index (χ1n) is 8.69. The van der Waals surface area contributed by atoms with Gasteiger partial charge in [-0.05, 0) is 44.0 Å². The molecule has 0 spiro atoms. The second-order valence-electron chi connectivity index (χ2n) is 6.16. The van der Waals surface area contributed by atoms with Gasteiger partial charge in [-0.3, -0.25) is 14.9 Å². The van der Waals surface area contributed by atoms with Crippen molar-refractivity contribution in [1.82, 2.24) is 0 Å². The van der Waals surface area contributed by atoms with E-state index < -0.39 is 10.8 Å². The second kappa shape index (κ2) is 7.94. The second-order valence-corrected chi connectivity index (χ2v) is 6.16. The van der Waals surface area contributed by atoms with Crippen LogP contribution in [0.2, 0.25) is 0 Å². The number of carbonyl (C=O) groups excluding carboxylic acids is 1. The number of nitro benzene ring substituents is 1. The molecule has 0 bridgehead atoms. The van der Waals surface area contributed by atoms with E-state index in [-0.39, 0.29) is 17.3 Å². The van der Waals surface area contributed by atoms with Crippen LogP contribution in [0, 0.1) is 10.1 Å². The van der Waals surface area contributed by atoms with Gasteiger partial charge in [0.15, 0.2) is 0 Å². The molecule has 0 saturated heterocycles. The van der Waals surface area contributed by atoms with Crippen LogP contribution >= 0.6 is 0 Å². The predicted octanol–water partition coefficient (Wildman–Crippen LogP) is 3.83. The van der Waals surface area contributed by atoms with Crippen molar-refractivity contribution in [2.24, 2.45) is 0 Å². The number of ether oxygens (including phenoxy) is 2. The van der Waals surface area contributed by atoms with Gasteiger partial charge in [0.1, 0.15) is 17.2 Å². The van der Waals surface area contributed by atoms with E-state index in [4.69, 9.17) is 9.47 Å². The first-order chi connectivity index (χ1) is 13.0. The first-order valence-corrected chi connectivity index (χ1v) is 8.69. The Kier molecular flexibility index (Phi) is 5.44. The molecule has 2 N–H and O–H groups in total. The third-order valence-corrected chi connectivity index (χ3v) is 4.13. The van der Waals surface area contributed by atoms with Crippen molar-refractivity contribution >= 4 is 23.0 Å². The summed E-state index contributed by atoms with van der Waals surface area (Å²) in [6, 6.07) is 9.75. The molecule has 8 heteroatoms. The van der Waals surface area contributed by atoms with Crippen LogP contribution in [0.4, 0.5) is 17.1 Å². The number of rotatable bonds is 8. The molecule has 0 aromatic heterocycles. The molecule has 1 aliphatic carbocycles. The lowest BCUT2D eigenvalue weighted by Gasteiger charge is -2.13. The number of amides is 1. The Morgan fingerprint density at radius 3 is 2.63 bits per heavy atom. The molecule has 3 rings (SSSR count). The summed E-state index contributed by atoms with van der Waals surface area (Å²) in [5, 5.41) is 17.2. The summed E-state index contributed by atoms with van der Waals surface area (Å²) < 4.78 is 10.7. The molecule has 0 aliphatic heterocycles. The number of nitrogens with zero attached hydrogens (tertiary/aromatic N) is 1. The quantitative estimate of drug-likeness (QED) is 0.540. The molecule has 27 heavy (non-hydrogen) atoms. The van der Waals surface area contributed by atoms with Gasteiger partial charge < -0.3 is 20.1 Å². The third kappa shape index (κ3) is 4.46. The Labute approximate surface area is 156 Å². The van der Waals surface area contributed by atoms with Gasteiger partial charge in [0.05, 0.1) is 24.3 Å². The molecule has 1 saturated carbocycles. The lowest BCUT2D eigenvalue weighted by atomic mass is 10.1. The highest BCUT2D eigenvalue weighted by Crippen LogP contribution is 2.33. The van der Waals surface area contributed by atoms with Crippen LogP contribution in [-0.4, -0.2) is 30.6 Å². The topological polar surface area (TPSA) is 103 Å². The van der Waals surface area contributed by atoms with E-state index in [1.54, 1.807) is 30.3 Å². The lowest BCUT2D eigenvalue weighted by Crippen LogP contribution is -2.14. The Balaban J connectivity index is 1.85. The van der Waals surface area contributed by atoms with E-state index in [1.165, 1.54) is 13.2 Å². The molecule has 8 nitrogen and oxygen atoms in total. The summed E-state index contributed by atoms with van der Waals surface area (Å²) in [6.45, 7) is 2.27. The average molecular weight is 371 g/mol. The number of benzene rings is 2. The zero-order chi connectivity index (χ0) is 19.4. The van der Waals surface area contributed by atoms with Crippen LogP contribution in [0.5, 0.6) is 11.5 Å². The fourth-order valence-corrected chi connectivity index (χ4v) is 2.60. The maximum atomic E-state index is 12.6. The van der Waals surface area contributed by atoms with Crippen molar-refractivity contribution in [1.29, 1.82) is 0 Å². The van der Waals surface area contributed by atoms with Crippen molar-refractivity contribution in [3.63, 3.8) is 0 Å². The number of hydrogen-bond donors (Lipinski definition) is 2. The molecule has 0 heterocycles. The molecule has 2 aromatic carbocycles. The molecular formula is C19H21N3O5. The van der Waals surface area contributed by atoms with Gasteiger partial charge in [-0.25, -0.2) is 0 Å². The van der Waals surface area contributed by atoms with Gasteiger partial charge in [-0.1, -0.05) is 0 Å². The van der Waals surface area contributed by atoms with Crippen LogP contribution in [0.1, 0.15) is 30.1 Å². The lowest BCUT2D eigenvalue weighted by molar-refractivity contribution is -0.384. The van der Waals surface area contributed by atoms with Gasteiger partial charge in [0.2, 0.25) is 0 Å². The highest BCUT2D eigenvalue weighted by molar-refractivity contribution is 6.06. The van der Waals surface area contributed by atoms with Crippen molar-refractivity contribution in [2.45, 2.75) is 25.8 Å². The largest absolute Gasteiger partial charge is 0.497 e. The molecule has 1 fully saturated rings. The minimum Gasteiger partial charge on any atom is -0.497 e. The minimum absolute atomic E-state index is 0.120. The third-order valence-electron chi connectivity index (χ3n) is 4.13. The number of nitro groups is 1. The van der Waals surface area contributed by atoms with Crippen LogP contribution in [0.15, 0.2) is 36.4 Å². The average Bonchev–Trinajstić information content (AvgIpc) is 3.47. The van der Waals surface area contributed by atoms with E-state index in [2.05, 4.69) is 10.6 Å². The number of methoxy groups -OCH3 is 1. The van der Waals surface area contributed by atoms with Gasteiger partial charge in [-0.15, -0.1) is 0 Å². The first kappa shape index (κ1) is 18.5. The predicted molar refractivity (Wildman–Crippen MR) is 102 cm³/mol. The summed E-state index contributed by atoms with van der Waals surface area (Å²) in [7, 11) is 1.52. The van der Waals surface area contributed by atoms with Crippen molar-refractivity contribution in [3.8, 4) is 11.5 Å². The molecule has 0 unspecified atom stereocenters. The molecule has 1 aliphatic rings. The maximum Gasteiger partial charge on any atom is 0.293 e. The number of carbonyl (C=O) groups is 1. The highest BCUT2D eigenvalue weighted by atomic mass is 16.6. The standard InChI is InChI=1S/C19H21N3O5/c1-3-27-18-9-7-14(26-2)11-16(18)21-19(23)12-4-8-15(20-13-5-6-13)17(10-12)22(24)25/h4,7-11,13,20H,3,5-6H2,1-2H3,(H,21,23). The summed E-state index contributed by atoms with van der Waals surface area (Å²) in [5.74, 6) is 0.585. The summed E-state index contributed by atoms with van der Waals surface area (Å²) >= 11 is 0. The molecule has 0 radical (unpaired) electrons. The smallest absolute Gasteiger partial charge is 0.293 e. The van der Waals surface area contributed by atoms with Crippen molar-refractivity contribution in [3.05, 3.63) is 52.1 Å². The van der Waals surface area contributed by atoms with Crippen LogP contribution in [-0.2, 0) is 0 Å². The van der Waals surface area contributed by atoms with E-state index in [0.29, 0.717) is 29.5 Å². The van der Waals surface area contributed by atoms with Gasteiger partial charge in [0.25, 0.3) is 11.6 Å².